The molecular weight excluding hydrogens is 236 g/mol. The predicted octanol–water partition coefficient (Wildman–Crippen LogP) is 2.50. The molecule has 0 bridgehead atoms. The second-order valence-corrected chi connectivity index (χ2v) is 4.71. The molecule has 2 aromatic rings. The van der Waals surface area contributed by atoms with Crippen molar-refractivity contribution in [3.8, 4) is 11.1 Å². The van der Waals surface area contributed by atoms with Gasteiger partial charge >= 0.3 is 0 Å². The zero-order chi connectivity index (χ0) is 12.0. The first-order chi connectivity index (χ1) is 8.15. The Labute approximate surface area is 103 Å². The van der Waals surface area contributed by atoms with Crippen LogP contribution in [0.3, 0.4) is 0 Å². The highest BCUT2D eigenvalue weighted by Gasteiger charge is 2.20. The number of halogens is 1. The number of fused-ring (bicyclic) bond motifs is 3. The lowest BCUT2D eigenvalue weighted by Gasteiger charge is -2.18. The number of aromatic nitrogens is 2. The maximum absolute atomic E-state index is 12.0. The number of hydrogen-bond donors (Lipinski definition) is 1. The Balaban J connectivity index is 2.36. The van der Waals surface area contributed by atoms with Crippen LogP contribution in [0.5, 0.6) is 0 Å². The van der Waals surface area contributed by atoms with Crippen molar-refractivity contribution in [3.63, 3.8) is 0 Å². The van der Waals surface area contributed by atoms with Gasteiger partial charge in [-0.05, 0) is 43.0 Å². The largest absolute Gasteiger partial charge is 0.310 e. The van der Waals surface area contributed by atoms with E-state index in [9.17, 15) is 4.79 Å². The van der Waals surface area contributed by atoms with E-state index < -0.39 is 0 Å². The van der Waals surface area contributed by atoms with E-state index in [1.165, 1.54) is 0 Å². The number of benzene rings is 1. The zero-order valence-corrected chi connectivity index (χ0v) is 10.1. The second-order valence-electron chi connectivity index (χ2n) is 4.27. The molecule has 0 atom stereocenters. The zero-order valence-electron chi connectivity index (χ0n) is 9.38. The molecule has 0 fully saturated rings. The molecule has 1 N–H and O–H groups in total. The highest BCUT2D eigenvalue weighted by Crippen LogP contribution is 2.31. The van der Waals surface area contributed by atoms with Crippen LogP contribution in [0.25, 0.3) is 11.1 Å². The van der Waals surface area contributed by atoms with Crippen LogP contribution in [0, 0.1) is 6.92 Å². The van der Waals surface area contributed by atoms with Crippen molar-refractivity contribution >= 4 is 11.6 Å². The van der Waals surface area contributed by atoms with Crippen molar-refractivity contribution in [1.29, 1.82) is 0 Å². The average molecular weight is 247 g/mol. The third-order valence-electron chi connectivity index (χ3n) is 3.09. The number of rotatable bonds is 0. The summed E-state index contributed by atoms with van der Waals surface area (Å²) >= 11 is 5.99. The van der Waals surface area contributed by atoms with Crippen LogP contribution < -0.4 is 5.56 Å². The third-order valence-corrected chi connectivity index (χ3v) is 3.32. The van der Waals surface area contributed by atoms with Crippen LogP contribution >= 0.6 is 11.6 Å². The number of hydrogen-bond acceptors (Lipinski definition) is 2. The molecule has 4 heteroatoms. The molecule has 1 aromatic carbocycles. The molecule has 0 unspecified atom stereocenters. The summed E-state index contributed by atoms with van der Waals surface area (Å²) in [5.41, 5.74) is 3.57. The molecule has 0 saturated heterocycles. The summed E-state index contributed by atoms with van der Waals surface area (Å²) in [7, 11) is 0. The van der Waals surface area contributed by atoms with Crippen molar-refractivity contribution < 1.29 is 0 Å². The van der Waals surface area contributed by atoms with Crippen molar-refractivity contribution in [2.75, 3.05) is 0 Å². The second kappa shape index (κ2) is 3.70. The molecule has 0 aliphatic heterocycles. The van der Waals surface area contributed by atoms with Crippen LogP contribution in [0.2, 0.25) is 5.02 Å². The van der Waals surface area contributed by atoms with Crippen molar-refractivity contribution in [2.45, 2.75) is 19.8 Å². The summed E-state index contributed by atoms with van der Waals surface area (Å²) in [5.74, 6) is 0.666. The van der Waals surface area contributed by atoms with E-state index in [2.05, 4.69) is 9.97 Å². The first-order valence-electron chi connectivity index (χ1n) is 5.54. The Hall–Kier alpha value is -1.61. The summed E-state index contributed by atoms with van der Waals surface area (Å²) in [4.78, 5) is 19.2. The molecule has 0 radical (unpaired) electrons. The Morgan fingerprint density at radius 3 is 3.00 bits per heavy atom. The molecule has 1 aliphatic rings. The van der Waals surface area contributed by atoms with Gasteiger partial charge in [0.25, 0.3) is 5.56 Å². The van der Waals surface area contributed by atoms with E-state index in [0.717, 1.165) is 29.7 Å². The van der Waals surface area contributed by atoms with E-state index in [1.54, 1.807) is 6.92 Å². The molecule has 86 valence electrons. The van der Waals surface area contributed by atoms with Crippen LogP contribution in [0.1, 0.15) is 17.1 Å². The van der Waals surface area contributed by atoms with Crippen LogP contribution in [-0.4, -0.2) is 9.97 Å². The van der Waals surface area contributed by atoms with Crippen molar-refractivity contribution in [3.05, 3.63) is 50.7 Å². The van der Waals surface area contributed by atoms with E-state index in [-0.39, 0.29) is 5.56 Å². The molecule has 0 saturated carbocycles. The molecule has 1 aromatic heterocycles. The van der Waals surface area contributed by atoms with E-state index >= 15 is 0 Å². The van der Waals surface area contributed by atoms with Gasteiger partial charge in [0.1, 0.15) is 5.82 Å². The van der Waals surface area contributed by atoms with E-state index in [1.807, 2.05) is 18.2 Å². The van der Waals surface area contributed by atoms with Gasteiger partial charge in [-0.3, -0.25) is 4.79 Å². The van der Waals surface area contributed by atoms with Gasteiger partial charge in [0.05, 0.1) is 11.3 Å². The summed E-state index contributed by atoms with van der Waals surface area (Å²) in [6.07, 6.45) is 1.73. The molecule has 17 heavy (non-hydrogen) atoms. The Kier molecular flexibility index (Phi) is 2.30. The first-order valence-corrected chi connectivity index (χ1v) is 5.91. The maximum Gasteiger partial charge on any atom is 0.259 e. The molecule has 0 spiro atoms. The lowest BCUT2D eigenvalue weighted by molar-refractivity contribution is 0.854. The van der Waals surface area contributed by atoms with Crippen LogP contribution in [-0.2, 0) is 12.8 Å². The van der Waals surface area contributed by atoms with Gasteiger partial charge < -0.3 is 4.98 Å². The lowest BCUT2D eigenvalue weighted by Crippen LogP contribution is -2.20. The van der Waals surface area contributed by atoms with Gasteiger partial charge in [0.2, 0.25) is 0 Å². The minimum absolute atomic E-state index is 0.0734. The Bertz CT molecular complexity index is 661. The van der Waals surface area contributed by atoms with Crippen molar-refractivity contribution in [2.24, 2.45) is 0 Å². The number of aryl methyl sites for hydroxylation is 3. The first kappa shape index (κ1) is 10.5. The molecule has 1 aliphatic carbocycles. The Morgan fingerprint density at radius 2 is 2.18 bits per heavy atom. The van der Waals surface area contributed by atoms with Crippen LogP contribution in [0.4, 0.5) is 0 Å². The molecule has 1 heterocycles. The molecule has 3 nitrogen and oxygen atoms in total. The average Bonchev–Trinajstić information content (AvgIpc) is 2.27. The molecular formula is C13H11ClN2O. The van der Waals surface area contributed by atoms with Gasteiger partial charge in [-0.25, -0.2) is 4.98 Å². The Morgan fingerprint density at radius 1 is 1.35 bits per heavy atom. The quantitative estimate of drug-likeness (QED) is 0.776. The van der Waals surface area contributed by atoms with Crippen molar-refractivity contribution in [1.82, 2.24) is 9.97 Å². The normalized spacial score (nSPS) is 13.1. The number of H-pyrrole nitrogens is 1. The minimum atomic E-state index is -0.0734. The summed E-state index contributed by atoms with van der Waals surface area (Å²) in [6, 6.07) is 5.70. The fourth-order valence-electron chi connectivity index (χ4n) is 2.36. The number of nitrogens with one attached hydrogen (secondary N) is 1. The summed E-state index contributed by atoms with van der Waals surface area (Å²) in [6.45, 7) is 1.80. The van der Waals surface area contributed by atoms with Gasteiger partial charge in [0.15, 0.2) is 0 Å². The highest BCUT2D eigenvalue weighted by molar-refractivity contribution is 6.30. The fourth-order valence-corrected chi connectivity index (χ4v) is 2.53. The van der Waals surface area contributed by atoms with Crippen LogP contribution in [0.15, 0.2) is 23.0 Å². The number of nitrogens with zero attached hydrogens (tertiary/aromatic N) is 1. The van der Waals surface area contributed by atoms with Gasteiger partial charge in [-0.2, -0.15) is 0 Å². The minimum Gasteiger partial charge on any atom is -0.310 e. The topological polar surface area (TPSA) is 45.8 Å². The summed E-state index contributed by atoms with van der Waals surface area (Å²) < 4.78 is 0. The van der Waals surface area contributed by atoms with Gasteiger partial charge in [-0.1, -0.05) is 17.7 Å². The third kappa shape index (κ3) is 1.67. The standard InChI is InChI=1S/C13H11ClN2O/c1-7-15-11-5-3-8-2-4-9(14)6-10(8)12(11)13(17)16-7/h2,4,6H,3,5H2,1H3,(H,15,16,17). The monoisotopic (exact) mass is 246 g/mol. The summed E-state index contributed by atoms with van der Waals surface area (Å²) in [5, 5.41) is 0.650. The fraction of sp³-hybridized carbons (Fsp3) is 0.231. The van der Waals surface area contributed by atoms with Gasteiger partial charge in [-0.15, -0.1) is 0 Å². The van der Waals surface area contributed by atoms with Gasteiger partial charge in [0, 0.05) is 5.02 Å². The predicted molar refractivity (Wildman–Crippen MR) is 67.4 cm³/mol. The lowest BCUT2D eigenvalue weighted by atomic mass is 9.89. The smallest absolute Gasteiger partial charge is 0.259 e. The highest BCUT2D eigenvalue weighted by atomic mass is 35.5. The van der Waals surface area contributed by atoms with E-state index in [0.29, 0.717) is 16.4 Å². The maximum atomic E-state index is 12.0. The molecule has 0 amide bonds. The number of aromatic amines is 1. The molecule has 3 rings (SSSR count). The van der Waals surface area contributed by atoms with E-state index in [4.69, 9.17) is 11.6 Å². The SMILES string of the molecule is Cc1nc2c(c(=O)[nH]1)-c1cc(Cl)ccc1CC2.